The average molecular weight is 284 g/mol. The first-order chi connectivity index (χ1) is 8.97. The fourth-order valence-corrected chi connectivity index (χ4v) is 1.56. The highest BCUT2D eigenvalue weighted by atomic mass is 35.5. The van der Waals surface area contributed by atoms with Gasteiger partial charge in [-0.25, -0.2) is 4.79 Å². The summed E-state index contributed by atoms with van der Waals surface area (Å²) < 4.78 is 0. The molecule has 0 aliphatic heterocycles. The SMILES string of the molecule is CC[C@H](C)NC(=O)Nc1cc(C(=O)NC)ccc1Cl. The Morgan fingerprint density at radius 1 is 1.37 bits per heavy atom. The van der Waals surface area contributed by atoms with Crippen molar-refractivity contribution in [3.8, 4) is 0 Å². The molecule has 5 nitrogen and oxygen atoms in total. The van der Waals surface area contributed by atoms with Crippen molar-refractivity contribution in [2.75, 3.05) is 12.4 Å². The molecule has 0 aliphatic rings. The first-order valence-electron chi connectivity index (χ1n) is 6.07. The Morgan fingerprint density at radius 2 is 2.05 bits per heavy atom. The molecule has 1 atom stereocenters. The van der Waals surface area contributed by atoms with E-state index in [1.165, 1.54) is 6.07 Å². The third kappa shape index (κ3) is 4.44. The zero-order valence-electron chi connectivity index (χ0n) is 11.2. The van der Waals surface area contributed by atoms with Gasteiger partial charge in [-0.3, -0.25) is 4.79 Å². The molecule has 0 fully saturated rings. The van der Waals surface area contributed by atoms with E-state index in [1.807, 2.05) is 13.8 Å². The maximum atomic E-state index is 11.7. The van der Waals surface area contributed by atoms with Gasteiger partial charge in [-0.15, -0.1) is 0 Å². The van der Waals surface area contributed by atoms with Crippen LogP contribution >= 0.6 is 11.6 Å². The van der Waals surface area contributed by atoms with Gasteiger partial charge in [0.05, 0.1) is 10.7 Å². The van der Waals surface area contributed by atoms with Crippen molar-refractivity contribution in [3.63, 3.8) is 0 Å². The van der Waals surface area contributed by atoms with Crippen molar-refractivity contribution in [2.45, 2.75) is 26.3 Å². The molecule has 0 spiro atoms. The van der Waals surface area contributed by atoms with Crippen LogP contribution in [0.15, 0.2) is 18.2 Å². The van der Waals surface area contributed by atoms with Crippen molar-refractivity contribution in [3.05, 3.63) is 28.8 Å². The van der Waals surface area contributed by atoms with Gasteiger partial charge in [0.2, 0.25) is 0 Å². The minimum atomic E-state index is -0.342. The largest absolute Gasteiger partial charge is 0.355 e. The number of rotatable bonds is 4. The third-order valence-corrected chi connectivity index (χ3v) is 3.02. The van der Waals surface area contributed by atoms with E-state index in [0.29, 0.717) is 16.3 Å². The number of benzene rings is 1. The molecule has 6 heteroatoms. The molecule has 0 saturated carbocycles. The average Bonchev–Trinajstić information content (AvgIpc) is 2.40. The van der Waals surface area contributed by atoms with E-state index in [-0.39, 0.29) is 18.0 Å². The van der Waals surface area contributed by atoms with Crippen LogP contribution in [0.1, 0.15) is 30.6 Å². The molecule has 1 aromatic rings. The van der Waals surface area contributed by atoms with Crippen molar-refractivity contribution >= 4 is 29.2 Å². The molecule has 0 heterocycles. The number of carbonyl (C=O) groups is 2. The highest BCUT2D eigenvalue weighted by Crippen LogP contribution is 2.23. The topological polar surface area (TPSA) is 70.2 Å². The van der Waals surface area contributed by atoms with Crippen molar-refractivity contribution in [1.82, 2.24) is 10.6 Å². The summed E-state index contributed by atoms with van der Waals surface area (Å²) in [6, 6.07) is 4.44. The second-order valence-electron chi connectivity index (χ2n) is 4.18. The van der Waals surface area contributed by atoms with Gasteiger partial charge in [-0.05, 0) is 31.5 Å². The Morgan fingerprint density at radius 3 is 2.63 bits per heavy atom. The summed E-state index contributed by atoms with van der Waals surface area (Å²) in [5, 5.41) is 8.29. The lowest BCUT2D eigenvalue weighted by atomic mass is 10.2. The molecule has 0 unspecified atom stereocenters. The van der Waals surface area contributed by atoms with Gasteiger partial charge in [-0.1, -0.05) is 18.5 Å². The van der Waals surface area contributed by atoms with E-state index in [1.54, 1.807) is 19.2 Å². The smallest absolute Gasteiger partial charge is 0.319 e. The van der Waals surface area contributed by atoms with Crippen LogP contribution in [0, 0.1) is 0 Å². The van der Waals surface area contributed by atoms with Crippen LogP contribution < -0.4 is 16.0 Å². The van der Waals surface area contributed by atoms with Crippen molar-refractivity contribution < 1.29 is 9.59 Å². The summed E-state index contributed by atoms with van der Waals surface area (Å²) in [5.41, 5.74) is 0.842. The lowest BCUT2D eigenvalue weighted by Gasteiger charge is -2.13. The molecule has 19 heavy (non-hydrogen) atoms. The van der Waals surface area contributed by atoms with E-state index >= 15 is 0 Å². The van der Waals surface area contributed by atoms with E-state index < -0.39 is 0 Å². The van der Waals surface area contributed by atoms with Crippen LogP contribution in [0.2, 0.25) is 5.02 Å². The molecule has 0 bridgehead atoms. The first kappa shape index (κ1) is 15.3. The second-order valence-corrected chi connectivity index (χ2v) is 4.59. The molecule has 1 aromatic carbocycles. The molecule has 3 amide bonds. The van der Waals surface area contributed by atoms with Crippen LogP contribution in [0.4, 0.5) is 10.5 Å². The number of carbonyl (C=O) groups excluding carboxylic acids is 2. The Bertz CT molecular complexity index is 477. The van der Waals surface area contributed by atoms with Gasteiger partial charge in [0.15, 0.2) is 0 Å². The van der Waals surface area contributed by atoms with Crippen molar-refractivity contribution in [1.29, 1.82) is 0 Å². The van der Waals surface area contributed by atoms with Gasteiger partial charge in [-0.2, -0.15) is 0 Å². The van der Waals surface area contributed by atoms with E-state index in [9.17, 15) is 9.59 Å². The standard InChI is InChI=1S/C13H18ClN3O2/c1-4-8(2)16-13(19)17-11-7-9(12(18)15-3)5-6-10(11)14/h5-8H,4H2,1-3H3,(H,15,18)(H2,16,17,19)/t8-/m0/s1. The Balaban J connectivity index is 2.82. The molecule has 3 N–H and O–H groups in total. The van der Waals surface area contributed by atoms with E-state index in [0.717, 1.165) is 6.42 Å². The first-order valence-corrected chi connectivity index (χ1v) is 6.44. The minimum absolute atomic E-state index is 0.0703. The summed E-state index contributed by atoms with van der Waals surface area (Å²) in [6.07, 6.45) is 0.833. The second kappa shape index (κ2) is 6.99. The molecule has 0 saturated heterocycles. The highest BCUT2D eigenvalue weighted by Gasteiger charge is 2.11. The molecule has 1 rings (SSSR count). The molecule has 0 radical (unpaired) electrons. The van der Waals surface area contributed by atoms with Crippen molar-refractivity contribution in [2.24, 2.45) is 0 Å². The van der Waals surface area contributed by atoms with E-state index in [4.69, 9.17) is 11.6 Å². The normalized spacial score (nSPS) is 11.6. The summed E-state index contributed by atoms with van der Waals surface area (Å²) in [4.78, 5) is 23.2. The number of nitrogens with one attached hydrogen (secondary N) is 3. The Hall–Kier alpha value is -1.75. The number of anilines is 1. The Kier molecular flexibility index (Phi) is 5.63. The zero-order chi connectivity index (χ0) is 14.4. The number of urea groups is 1. The number of hydrogen-bond acceptors (Lipinski definition) is 2. The molecule has 104 valence electrons. The van der Waals surface area contributed by atoms with Crippen LogP contribution in [-0.4, -0.2) is 25.0 Å². The molecular weight excluding hydrogens is 266 g/mol. The lowest BCUT2D eigenvalue weighted by Crippen LogP contribution is -2.35. The maximum Gasteiger partial charge on any atom is 0.319 e. The third-order valence-electron chi connectivity index (χ3n) is 2.69. The Labute approximate surface area is 117 Å². The molecule has 0 aliphatic carbocycles. The number of hydrogen-bond donors (Lipinski definition) is 3. The van der Waals surface area contributed by atoms with Crippen LogP contribution in [0.5, 0.6) is 0 Å². The molecule has 0 aromatic heterocycles. The fraction of sp³-hybridized carbons (Fsp3) is 0.385. The predicted octanol–water partition coefficient (Wildman–Crippen LogP) is 2.62. The van der Waals surface area contributed by atoms with Gasteiger partial charge in [0, 0.05) is 18.7 Å². The van der Waals surface area contributed by atoms with Gasteiger partial charge < -0.3 is 16.0 Å². The van der Waals surface area contributed by atoms with Crippen LogP contribution in [-0.2, 0) is 0 Å². The van der Waals surface area contributed by atoms with Gasteiger partial charge >= 0.3 is 6.03 Å². The zero-order valence-corrected chi connectivity index (χ0v) is 12.0. The monoisotopic (exact) mass is 283 g/mol. The summed E-state index contributed by atoms with van der Waals surface area (Å²) >= 11 is 5.98. The van der Waals surface area contributed by atoms with Crippen LogP contribution in [0.3, 0.4) is 0 Å². The lowest BCUT2D eigenvalue weighted by molar-refractivity contribution is 0.0963. The summed E-state index contributed by atoms with van der Waals surface area (Å²) in [7, 11) is 1.54. The number of halogens is 1. The van der Waals surface area contributed by atoms with E-state index in [2.05, 4.69) is 16.0 Å². The predicted molar refractivity (Wildman–Crippen MR) is 76.7 cm³/mol. The summed E-state index contributed by atoms with van der Waals surface area (Å²) in [6.45, 7) is 3.88. The quantitative estimate of drug-likeness (QED) is 0.795. The minimum Gasteiger partial charge on any atom is -0.355 e. The maximum absolute atomic E-state index is 11.7. The highest BCUT2D eigenvalue weighted by molar-refractivity contribution is 6.33. The van der Waals surface area contributed by atoms with Gasteiger partial charge in [0.1, 0.15) is 0 Å². The fourth-order valence-electron chi connectivity index (χ4n) is 1.39. The summed E-state index contributed by atoms with van der Waals surface area (Å²) in [5.74, 6) is -0.234. The van der Waals surface area contributed by atoms with Crippen LogP contribution in [0.25, 0.3) is 0 Å². The molecular formula is C13H18ClN3O2. The number of amides is 3. The van der Waals surface area contributed by atoms with Gasteiger partial charge in [0.25, 0.3) is 5.91 Å².